The van der Waals surface area contributed by atoms with E-state index in [1.165, 1.54) is 13.2 Å². The number of nitrogens with one attached hydrogen (secondary N) is 2. The molecule has 1 amide bonds. The summed E-state index contributed by atoms with van der Waals surface area (Å²) in [5, 5.41) is 17.0. The molecule has 13 heteroatoms. The Morgan fingerprint density at radius 2 is 1.98 bits per heavy atom. The summed E-state index contributed by atoms with van der Waals surface area (Å²) >= 11 is 6.46. The summed E-state index contributed by atoms with van der Waals surface area (Å²) in [6.45, 7) is 9.49. The minimum atomic E-state index is -1.02. The van der Waals surface area contributed by atoms with Crippen LogP contribution in [0.15, 0.2) is 41.6 Å². The largest absolute Gasteiger partial charge is 0.480 e. The number of carbonyl (C=O) groups excluding carboxylic acids is 1. The van der Waals surface area contributed by atoms with Gasteiger partial charge in [-0.1, -0.05) is 29.8 Å². The molecule has 1 aromatic carbocycles. The Morgan fingerprint density at radius 1 is 1.26 bits per heavy atom. The van der Waals surface area contributed by atoms with E-state index in [4.69, 9.17) is 21.1 Å². The SMILES string of the molecule is C=NNc1nc(N2CCC(NC(=O)OC(C)(C)C)(c3ccccc3F)CC2)nc(C#N)c1Cc1ccnc(OC)c1Cl. The minimum absolute atomic E-state index is 0.121. The van der Waals surface area contributed by atoms with Crippen LogP contribution in [0, 0.1) is 17.1 Å². The Bertz CT molecular complexity index is 1510. The van der Waals surface area contributed by atoms with Crippen LogP contribution < -0.4 is 20.4 Å². The number of methoxy groups -OCH3 is 1. The zero-order valence-electron chi connectivity index (χ0n) is 23.9. The minimum Gasteiger partial charge on any atom is -0.480 e. The number of hydrogen-bond acceptors (Lipinski definition) is 10. The maximum atomic E-state index is 15.1. The van der Waals surface area contributed by atoms with E-state index in [0.717, 1.165) is 0 Å². The third-order valence-corrected chi connectivity index (χ3v) is 7.22. The molecule has 0 atom stereocenters. The van der Waals surface area contributed by atoms with Gasteiger partial charge in [0, 0.05) is 43.6 Å². The van der Waals surface area contributed by atoms with Gasteiger partial charge in [0.15, 0.2) is 11.5 Å². The molecule has 2 N–H and O–H groups in total. The number of halogens is 2. The number of carbonyl (C=O) groups is 1. The molecular weight excluding hydrogens is 563 g/mol. The average Bonchev–Trinajstić information content (AvgIpc) is 2.94. The van der Waals surface area contributed by atoms with E-state index in [-0.39, 0.29) is 29.8 Å². The van der Waals surface area contributed by atoms with Crippen LogP contribution >= 0.6 is 11.6 Å². The summed E-state index contributed by atoms with van der Waals surface area (Å²) < 4.78 is 25.8. The highest BCUT2D eigenvalue weighted by molar-refractivity contribution is 6.32. The Labute approximate surface area is 248 Å². The molecule has 42 heavy (non-hydrogen) atoms. The summed E-state index contributed by atoms with van der Waals surface area (Å²) in [7, 11) is 1.47. The molecule has 0 spiro atoms. The van der Waals surface area contributed by atoms with Crippen LogP contribution in [0.1, 0.15) is 56.0 Å². The highest BCUT2D eigenvalue weighted by Crippen LogP contribution is 2.37. The standard InChI is InChI=1S/C29H32ClFN8O3/c1-28(2,3)42-27(40)37-29(20-8-6-7-9-21(20)31)11-14-39(15-12-29)26-35-22(17-32)19(24(36-26)38-33-4)16-18-10-13-34-25(41-5)23(18)30/h6-10,13H,4,11-12,14-16H2,1-3,5H3,(H,37,40)(H,35,36,38). The van der Waals surface area contributed by atoms with Gasteiger partial charge in [0.25, 0.3) is 0 Å². The maximum absolute atomic E-state index is 15.1. The van der Waals surface area contributed by atoms with Crippen molar-refractivity contribution >= 4 is 36.2 Å². The number of hydrazone groups is 1. The van der Waals surface area contributed by atoms with Gasteiger partial charge < -0.3 is 19.7 Å². The highest BCUT2D eigenvalue weighted by Gasteiger charge is 2.41. The number of benzene rings is 1. The van der Waals surface area contributed by atoms with Gasteiger partial charge in [0.2, 0.25) is 11.8 Å². The molecule has 220 valence electrons. The second-order valence-electron chi connectivity index (χ2n) is 10.7. The lowest BCUT2D eigenvalue weighted by molar-refractivity contribution is 0.0428. The van der Waals surface area contributed by atoms with Gasteiger partial charge in [-0.3, -0.25) is 5.43 Å². The monoisotopic (exact) mass is 594 g/mol. The van der Waals surface area contributed by atoms with Crippen molar-refractivity contribution in [2.24, 2.45) is 5.10 Å². The van der Waals surface area contributed by atoms with Crippen molar-refractivity contribution in [3.8, 4) is 11.9 Å². The fourth-order valence-electron chi connectivity index (χ4n) is 4.87. The van der Waals surface area contributed by atoms with Crippen LogP contribution in [0.25, 0.3) is 0 Å². The number of ether oxygens (including phenoxy) is 2. The van der Waals surface area contributed by atoms with Crippen LogP contribution in [0.5, 0.6) is 5.88 Å². The highest BCUT2D eigenvalue weighted by atomic mass is 35.5. The molecule has 4 rings (SSSR count). The molecule has 0 unspecified atom stereocenters. The van der Waals surface area contributed by atoms with Gasteiger partial charge in [0.05, 0.1) is 12.6 Å². The normalized spacial score (nSPS) is 14.5. The third-order valence-electron chi connectivity index (χ3n) is 6.81. The smallest absolute Gasteiger partial charge is 0.408 e. The van der Waals surface area contributed by atoms with Crippen LogP contribution in [-0.2, 0) is 16.7 Å². The number of piperidine rings is 1. The summed E-state index contributed by atoms with van der Waals surface area (Å²) in [6.07, 6.45) is 1.78. The van der Waals surface area contributed by atoms with Gasteiger partial charge in [-0.05, 0) is 51.3 Å². The van der Waals surface area contributed by atoms with E-state index in [2.05, 4.69) is 43.6 Å². The van der Waals surface area contributed by atoms with E-state index in [9.17, 15) is 10.1 Å². The lowest BCUT2D eigenvalue weighted by atomic mass is 9.80. The molecule has 0 saturated carbocycles. The first-order valence-electron chi connectivity index (χ1n) is 13.2. The quantitative estimate of drug-likeness (QED) is 0.267. The van der Waals surface area contributed by atoms with Crippen molar-refractivity contribution in [2.45, 2.75) is 51.2 Å². The molecule has 2 aromatic heterocycles. The summed E-state index contributed by atoms with van der Waals surface area (Å²) in [4.78, 5) is 28.0. The number of amides is 1. The third kappa shape index (κ3) is 6.69. The Kier molecular flexibility index (Phi) is 9.11. The van der Waals surface area contributed by atoms with Crippen molar-refractivity contribution in [3.05, 3.63) is 69.8 Å². The van der Waals surface area contributed by atoms with Crippen molar-refractivity contribution < 1.29 is 18.7 Å². The van der Waals surface area contributed by atoms with Gasteiger partial charge in [-0.2, -0.15) is 15.3 Å². The summed E-state index contributed by atoms with van der Waals surface area (Å²) in [5.41, 5.74) is 2.63. The molecule has 11 nitrogen and oxygen atoms in total. The molecular formula is C29H32ClFN8O3. The van der Waals surface area contributed by atoms with Crippen LogP contribution in [0.3, 0.4) is 0 Å². The molecule has 3 heterocycles. The van der Waals surface area contributed by atoms with Crippen molar-refractivity contribution in [1.29, 1.82) is 5.26 Å². The number of rotatable bonds is 8. The van der Waals surface area contributed by atoms with Crippen molar-refractivity contribution in [1.82, 2.24) is 20.3 Å². The molecule has 1 saturated heterocycles. The molecule has 0 radical (unpaired) electrons. The molecule has 0 bridgehead atoms. The first-order valence-corrected chi connectivity index (χ1v) is 13.6. The number of pyridine rings is 1. The maximum Gasteiger partial charge on any atom is 0.408 e. The number of nitrogens with zero attached hydrogens (tertiary/aromatic N) is 6. The number of anilines is 2. The first-order chi connectivity index (χ1) is 20.0. The van der Waals surface area contributed by atoms with Gasteiger partial charge in [-0.25, -0.2) is 19.2 Å². The zero-order valence-corrected chi connectivity index (χ0v) is 24.6. The molecule has 1 fully saturated rings. The molecule has 0 aliphatic carbocycles. The van der Waals surface area contributed by atoms with Crippen LogP contribution in [0.2, 0.25) is 5.02 Å². The average molecular weight is 595 g/mol. The Morgan fingerprint density at radius 3 is 2.60 bits per heavy atom. The van der Waals surface area contributed by atoms with E-state index in [1.807, 2.05) is 4.90 Å². The second-order valence-corrected chi connectivity index (χ2v) is 11.1. The number of alkyl carbamates (subject to hydrolysis) is 1. The topological polar surface area (TPSA) is 138 Å². The van der Waals surface area contributed by atoms with Crippen LogP contribution in [-0.4, -0.2) is 53.6 Å². The van der Waals surface area contributed by atoms with Crippen molar-refractivity contribution in [2.75, 3.05) is 30.5 Å². The number of hydrogen-bond donors (Lipinski definition) is 2. The van der Waals surface area contributed by atoms with Gasteiger partial charge in [-0.15, -0.1) is 0 Å². The Hall–Kier alpha value is -4.50. The molecule has 1 aliphatic rings. The van der Waals surface area contributed by atoms with E-state index < -0.39 is 23.1 Å². The lowest BCUT2D eigenvalue weighted by Crippen LogP contribution is -2.54. The van der Waals surface area contributed by atoms with E-state index >= 15 is 4.39 Å². The summed E-state index contributed by atoms with van der Waals surface area (Å²) in [5.74, 6) is 0.396. The van der Waals surface area contributed by atoms with Gasteiger partial charge in [0.1, 0.15) is 22.5 Å². The van der Waals surface area contributed by atoms with E-state index in [0.29, 0.717) is 47.6 Å². The van der Waals surface area contributed by atoms with E-state index in [1.54, 1.807) is 51.2 Å². The second kappa shape index (κ2) is 12.6. The lowest BCUT2D eigenvalue weighted by Gasteiger charge is -2.43. The number of nitriles is 1. The summed E-state index contributed by atoms with van der Waals surface area (Å²) in [6, 6.07) is 10.2. The van der Waals surface area contributed by atoms with Crippen LogP contribution in [0.4, 0.5) is 21.0 Å². The first kappa shape index (κ1) is 30.5. The molecule has 3 aromatic rings. The predicted octanol–water partition coefficient (Wildman–Crippen LogP) is 5.18. The number of aromatic nitrogens is 3. The molecule has 1 aliphatic heterocycles. The van der Waals surface area contributed by atoms with Crippen molar-refractivity contribution in [3.63, 3.8) is 0 Å². The fraction of sp³-hybridized carbons (Fsp3) is 0.379. The fourth-order valence-corrected chi connectivity index (χ4v) is 5.13. The zero-order chi connectivity index (χ0) is 30.5. The Balaban J connectivity index is 1.65. The predicted molar refractivity (Wildman–Crippen MR) is 157 cm³/mol. The van der Waals surface area contributed by atoms with Gasteiger partial charge >= 0.3 is 6.09 Å².